The first-order valence-corrected chi connectivity index (χ1v) is 7.02. The first kappa shape index (κ1) is 14.3. The van der Waals surface area contributed by atoms with Gasteiger partial charge in [0.15, 0.2) is 5.82 Å². The number of benzene rings is 2. The Hall–Kier alpha value is -2.66. The third-order valence-electron chi connectivity index (χ3n) is 3.43. The Morgan fingerprint density at radius 2 is 1.82 bits per heavy atom. The number of methoxy groups -OCH3 is 1. The van der Waals surface area contributed by atoms with Crippen LogP contribution in [0.4, 0.5) is 0 Å². The molecule has 0 spiro atoms. The van der Waals surface area contributed by atoms with Crippen LogP contribution in [0.2, 0.25) is 0 Å². The van der Waals surface area contributed by atoms with Crippen LogP contribution in [0.1, 0.15) is 28.9 Å². The SMILES string of the molecule is COc1ccc(Cc2noc([C@@H](N)c3ccccc3)n2)cc1. The number of rotatable bonds is 5. The predicted molar refractivity (Wildman–Crippen MR) is 82.6 cm³/mol. The van der Waals surface area contributed by atoms with Gasteiger partial charge in [-0.2, -0.15) is 4.98 Å². The molecule has 0 bridgehead atoms. The van der Waals surface area contributed by atoms with Gasteiger partial charge in [-0.25, -0.2) is 0 Å². The number of aromatic nitrogens is 2. The molecule has 0 saturated carbocycles. The molecule has 0 aliphatic carbocycles. The summed E-state index contributed by atoms with van der Waals surface area (Å²) in [6.45, 7) is 0. The van der Waals surface area contributed by atoms with Crippen LogP contribution in [0.15, 0.2) is 59.1 Å². The van der Waals surface area contributed by atoms with Gasteiger partial charge >= 0.3 is 0 Å². The second kappa shape index (κ2) is 6.41. The summed E-state index contributed by atoms with van der Waals surface area (Å²) < 4.78 is 10.4. The highest BCUT2D eigenvalue weighted by Gasteiger charge is 2.16. The van der Waals surface area contributed by atoms with Gasteiger partial charge in [0.2, 0.25) is 5.89 Å². The van der Waals surface area contributed by atoms with Crippen LogP contribution >= 0.6 is 0 Å². The maximum absolute atomic E-state index is 6.15. The van der Waals surface area contributed by atoms with Crippen molar-refractivity contribution in [1.29, 1.82) is 0 Å². The molecule has 2 aromatic carbocycles. The Labute approximate surface area is 128 Å². The second-order valence-corrected chi connectivity index (χ2v) is 4.96. The van der Waals surface area contributed by atoms with Crippen LogP contribution in [0.3, 0.4) is 0 Å². The van der Waals surface area contributed by atoms with Crippen LogP contribution in [0, 0.1) is 0 Å². The molecule has 22 heavy (non-hydrogen) atoms. The van der Waals surface area contributed by atoms with Crippen LogP contribution in [0.5, 0.6) is 5.75 Å². The van der Waals surface area contributed by atoms with Gasteiger partial charge in [0.05, 0.1) is 7.11 Å². The van der Waals surface area contributed by atoms with Gasteiger partial charge in [0.25, 0.3) is 0 Å². The highest BCUT2D eigenvalue weighted by molar-refractivity contribution is 5.29. The standard InChI is InChI=1S/C17H17N3O2/c1-21-14-9-7-12(8-10-14)11-15-19-17(22-20-15)16(18)13-5-3-2-4-6-13/h2-10,16H,11,18H2,1H3/t16-/m0/s1. The van der Waals surface area contributed by atoms with E-state index < -0.39 is 6.04 Å². The van der Waals surface area contributed by atoms with E-state index >= 15 is 0 Å². The van der Waals surface area contributed by atoms with Gasteiger partial charge in [0, 0.05) is 6.42 Å². The minimum absolute atomic E-state index is 0.404. The number of hydrogen-bond acceptors (Lipinski definition) is 5. The van der Waals surface area contributed by atoms with Gasteiger partial charge in [-0.1, -0.05) is 47.6 Å². The predicted octanol–water partition coefficient (Wildman–Crippen LogP) is 2.72. The molecule has 0 radical (unpaired) electrons. The molecular formula is C17H17N3O2. The smallest absolute Gasteiger partial charge is 0.248 e. The van der Waals surface area contributed by atoms with Crippen LogP contribution in [-0.4, -0.2) is 17.3 Å². The summed E-state index contributed by atoms with van der Waals surface area (Å²) in [4.78, 5) is 4.39. The first-order valence-electron chi connectivity index (χ1n) is 7.02. The molecule has 0 unspecified atom stereocenters. The molecule has 3 rings (SSSR count). The van der Waals surface area contributed by atoms with Crippen molar-refractivity contribution < 1.29 is 9.26 Å². The van der Waals surface area contributed by atoms with Gasteiger partial charge in [-0.15, -0.1) is 0 Å². The van der Waals surface area contributed by atoms with Crippen molar-refractivity contribution in [3.05, 3.63) is 77.4 Å². The molecule has 0 saturated heterocycles. The first-order chi connectivity index (χ1) is 10.8. The van der Waals surface area contributed by atoms with E-state index in [1.807, 2.05) is 54.6 Å². The fourth-order valence-corrected chi connectivity index (χ4v) is 2.19. The van der Waals surface area contributed by atoms with E-state index in [2.05, 4.69) is 10.1 Å². The lowest BCUT2D eigenvalue weighted by Crippen LogP contribution is -2.12. The van der Waals surface area contributed by atoms with Crippen LogP contribution in [0.25, 0.3) is 0 Å². The molecule has 5 heteroatoms. The third kappa shape index (κ3) is 3.15. The summed E-state index contributed by atoms with van der Waals surface area (Å²) >= 11 is 0. The zero-order valence-electron chi connectivity index (χ0n) is 12.3. The molecule has 0 aliphatic heterocycles. The maximum Gasteiger partial charge on any atom is 0.248 e. The summed E-state index contributed by atoms with van der Waals surface area (Å²) in [6, 6.07) is 17.1. The summed E-state index contributed by atoms with van der Waals surface area (Å²) in [5, 5.41) is 4.00. The Bertz CT molecular complexity index is 723. The highest BCUT2D eigenvalue weighted by Crippen LogP contribution is 2.19. The molecule has 0 amide bonds. The van der Waals surface area contributed by atoms with Crippen molar-refractivity contribution in [2.24, 2.45) is 5.73 Å². The quantitative estimate of drug-likeness (QED) is 0.783. The molecule has 2 N–H and O–H groups in total. The van der Waals surface area contributed by atoms with Gasteiger partial charge in [-0.3, -0.25) is 0 Å². The summed E-state index contributed by atoms with van der Waals surface area (Å²) in [6.07, 6.45) is 0.592. The Morgan fingerprint density at radius 1 is 1.09 bits per heavy atom. The Balaban J connectivity index is 1.73. The Kier molecular flexibility index (Phi) is 4.16. The number of nitrogens with zero attached hydrogens (tertiary/aromatic N) is 2. The van der Waals surface area contributed by atoms with E-state index in [1.165, 1.54) is 0 Å². The maximum atomic E-state index is 6.15. The van der Waals surface area contributed by atoms with Gasteiger partial charge in [0.1, 0.15) is 11.8 Å². The van der Waals surface area contributed by atoms with Crippen LogP contribution < -0.4 is 10.5 Å². The second-order valence-electron chi connectivity index (χ2n) is 4.96. The number of ether oxygens (including phenoxy) is 1. The van der Waals surface area contributed by atoms with Crippen molar-refractivity contribution in [3.8, 4) is 5.75 Å². The molecule has 1 heterocycles. The number of hydrogen-bond donors (Lipinski definition) is 1. The van der Waals surface area contributed by atoms with E-state index in [1.54, 1.807) is 7.11 Å². The van der Waals surface area contributed by atoms with E-state index in [-0.39, 0.29) is 0 Å². The average molecular weight is 295 g/mol. The van der Waals surface area contributed by atoms with E-state index in [0.29, 0.717) is 18.1 Å². The molecule has 0 fully saturated rings. The van der Waals surface area contributed by atoms with Crippen LogP contribution in [-0.2, 0) is 6.42 Å². The van der Waals surface area contributed by atoms with E-state index in [9.17, 15) is 0 Å². The van der Waals surface area contributed by atoms with E-state index in [4.69, 9.17) is 15.0 Å². The molecule has 112 valence electrons. The highest BCUT2D eigenvalue weighted by atomic mass is 16.5. The average Bonchev–Trinajstić information content (AvgIpc) is 3.04. The van der Waals surface area contributed by atoms with Crippen molar-refractivity contribution in [2.75, 3.05) is 7.11 Å². The normalized spacial score (nSPS) is 12.1. The summed E-state index contributed by atoms with van der Waals surface area (Å²) in [5.74, 6) is 1.87. The molecule has 0 aliphatic rings. The lowest BCUT2D eigenvalue weighted by molar-refractivity contribution is 0.363. The zero-order valence-corrected chi connectivity index (χ0v) is 12.3. The topological polar surface area (TPSA) is 74.2 Å². The minimum Gasteiger partial charge on any atom is -0.497 e. The van der Waals surface area contributed by atoms with Crippen molar-refractivity contribution in [2.45, 2.75) is 12.5 Å². The van der Waals surface area contributed by atoms with Gasteiger partial charge in [-0.05, 0) is 23.3 Å². The van der Waals surface area contributed by atoms with Crippen molar-refractivity contribution in [3.63, 3.8) is 0 Å². The fraction of sp³-hybridized carbons (Fsp3) is 0.176. The monoisotopic (exact) mass is 295 g/mol. The van der Waals surface area contributed by atoms with Crippen molar-refractivity contribution >= 4 is 0 Å². The minimum atomic E-state index is -0.404. The third-order valence-corrected chi connectivity index (χ3v) is 3.43. The largest absolute Gasteiger partial charge is 0.497 e. The molecule has 5 nitrogen and oxygen atoms in total. The lowest BCUT2D eigenvalue weighted by Gasteiger charge is -2.05. The summed E-state index contributed by atoms with van der Waals surface area (Å²) in [7, 11) is 1.64. The van der Waals surface area contributed by atoms with Gasteiger partial charge < -0.3 is 15.0 Å². The molecule has 1 atom stereocenters. The molecule has 1 aromatic heterocycles. The summed E-state index contributed by atoms with van der Waals surface area (Å²) in [5.41, 5.74) is 8.18. The van der Waals surface area contributed by atoms with Crippen molar-refractivity contribution in [1.82, 2.24) is 10.1 Å². The van der Waals surface area contributed by atoms with E-state index in [0.717, 1.165) is 16.9 Å². The Morgan fingerprint density at radius 3 is 2.50 bits per heavy atom. The fourth-order valence-electron chi connectivity index (χ4n) is 2.19. The molecule has 3 aromatic rings. The molecular weight excluding hydrogens is 278 g/mol. The lowest BCUT2D eigenvalue weighted by atomic mass is 10.1. The zero-order chi connectivity index (χ0) is 15.4. The number of nitrogens with two attached hydrogens (primary N) is 1.